The van der Waals surface area contributed by atoms with E-state index in [2.05, 4.69) is 37.2 Å². The number of phenolic OH excluding ortho intramolecular Hbond substituents is 1. The minimum Gasteiger partial charge on any atom is -0.506 e. The first-order valence-electron chi connectivity index (χ1n) is 8.15. The number of nitrogens with zero attached hydrogens (tertiary/aromatic N) is 1. The van der Waals surface area contributed by atoms with Crippen molar-refractivity contribution in [2.75, 3.05) is 19.0 Å². The number of methoxy groups -OCH3 is 1. The Morgan fingerprint density at radius 1 is 1.24 bits per heavy atom. The summed E-state index contributed by atoms with van der Waals surface area (Å²) < 4.78 is 6.18. The Morgan fingerprint density at radius 3 is 2.59 bits per heavy atom. The lowest BCUT2D eigenvalue weighted by atomic mass is 10.2. The lowest BCUT2D eigenvalue weighted by Crippen LogP contribution is -2.36. The van der Waals surface area contributed by atoms with Crippen molar-refractivity contribution in [2.24, 2.45) is 0 Å². The Hall–Kier alpha value is -2.30. The third-order valence-electron chi connectivity index (χ3n) is 3.89. The van der Waals surface area contributed by atoms with Crippen LogP contribution < -0.4 is 10.1 Å². The summed E-state index contributed by atoms with van der Waals surface area (Å²) in [4.78, 5) is 38.0. The number of halogens is 2. The van der Waals surface area contributed by atoms with E-state index in [1.54, 1.807) is 36.4 Å². The van der Waals surface area contributed by atoms with E-state index in [0.29, 0.717) is 37.7 Å². The molecule has 0 atom stereocenters. The van der Waals surface area contributed by atoms with Crippen molar-refractivity contribution in [1.29, 1.82) is 0 Å². The predicted molar refractivity (Wildman–Crippen MR) is 118 cm³/mol. The second kappa shape index (κ2) is 9.02. The van der Waals surface area contributed by atoms with E-state index in [0.717, 1.165) is 4.90 Å². The van der Waals surface area contributed by atoms with Gasteiger partial charge in [0.05, 0.1) is 16.5 Å². The van der Waals surface area contributed by atoms with E-state index in [-0.39, 0.29) is 10.7 Å². The van der Waals surface area contributed by atoms with Crippen molar-refractivity contribution in [2.45, 2.75) is 0 Å². The molecule has 29 heavy (non-hydrogen) atoms. The molecule has 0 saturated carbocycles. The van der Waals surface area contributed by atoms with Crippen LogP contribution in [0.25, 0.3) is 6.08 Å². The van der Waals surface area contributed by atoms with Crippen LogP contribution in [0, 0.1) is 0 Å². The van der Waals surface area contributed by atoms with Crippen molar-refractivity contribution in [3.63, 3.8) is 0 Å². The van der Waals surface area contributed by atoms with Gasteiger partial charge in [-0.25, -0.2) is 0 Å². The Balaban J connectivity index is 1.72. The number of hydrogen-bond donors (Lipinski definition) is 2. The van der Waals surface area contributed by atoms with E-state index < -0.39 is 23.6 Å². The monoisotopic (exact) mass is 540 g/mol. The SMILES string of the molecule is COc1ccc(NC(=O)CN2C(=O)S/C(=C\c3cc(Br)cc(Br)c3O)C2=O)cc1. The smallest absolute Gasteiger partial charge is 0.294 e. The molecule has 0 radical (unpaired) electrons. The van der Waals surface area contributed by atoms with Gasteiger partial charge in [0.15, 0.2) is 0 Å². The summed E-state index contributed by atoms with van der Waals surface area (Å²) in [6.07, 6.45) is 1.41. The lowest BCUT2D eigenvalue weighted by Gasteiger charge is -2.12. The molecule has 2 N–H and O–H groups in total. The fourth-order valence-corrected chi connectivity index (χ4v) is 4.58. The molecule has 10 heteroatoms. The number of nitrogens with one attached hydrogen (secondary N) is 1. The first-order chi connectivity index (χ1) is 13.8. The third kappa shape index (κ3) is 5.01. The zero-order chi connectivity index (χ0) is 21.1. The molecule has 0 spiro atoms. The minimum absolute atomic E-state index is 0.0581. The number of aromatic hydroxyl groups is 1. The summed E-state index contributed by atoms with van der Waals surface area (Å²) in [7, 11) is 1.54. The second-order valence-corrected chi connectivity index (χ2v) is 8.63. The number of phenols is 1. The number of anilines is 1. The van der Waals surface area contributed by atoms with E-state index >= 15 is 0 Å². The van der Waals surface area contributed by atoms with Gasteiger partial charge < -0.3 is 15.2 Å². The van der Waals surface area contributed by atoms with Crippen LogP contribution in [0.1, 0.15) is 5.56 Å². The normalized spacial score (nSPS) is 15.1. The number of imide groups is 1. The van der Waals surface area contributed by atoms with Crippen molar-refractivity contribution in [3.05, 3.63) is 55.8 Å². The van der Waals surface area contributed by atoms with Crippen molar-refractivity contribution < 1.29 is 24.2 Å². The van der Waals surface area contributed by atoms with Crippen LogP contribution in [-0.4, -0.2) is 40.7 Å². The largest absolute Gasteiger partial charge is 0.506 e. The van der Waals surface area contributed by atoms with Gasteiger partial charge >= 0.3 is 0 Å². The van der Waals surface area contributed by atoms with Crippen LogP contribution >= 0.6 is 43.6 Å². The molecule has 150 valence electrons. The maximum atomic E-state index is 12.6. The molecule has 1 aliphatic rings. The number of thioether (sulfide) groups is 1. The Morgan fingerprint density at radius 2 is 1.93 bits per heavy atom. The van der Waals surface area contributed by atoms with E-state index in [4.69, 9.17) is 4.74 Å². The molecule has 3 rings (SSSR count). The van der Waals surface area contributed by atoms with Crippen molar-refractivity contribution in [3.8, 4) is 11.5 Å². The molecular formula is C19H14Br2N2O5S. The first kappa shape index (κ1) is 21.4. The maximum Gasteiger partial charge on any atom is 0.294 e. The number of ether oxygens (including phenoxy) is 1. The number of carbonyl (C=O) groups is 3. The summed E-state index contributed by atoms with van der Waals surface area (Å²) >= 11 is 7.24. The van der Waals surface area contributed by atoms with Gasteiger partial charge in [0, 0.05) is 15.7 Å². The van der Waals surface area contributed by atoms with Crippen molar-refractivity contribution in [1.82, 2.24) is 4.90 Å². The summed E-state index contributed by atoms with van der Waals surface area (Å²) in [5, 5.41) is 12.2. The van der Waals surface area contributed by atoms with Gasteiger partial charge in [0.2, 0.25) is 5.91 Å². The lowest BCUT2D eigenvalue weighted by molar-refractivity contribution is -0.127. The highest BCUT2D eigenvalue weighted by Crippen LogP contribution is 2.37. The van der Waals surface area contributed by atoms with Gasteiger partial charge in [0.1, 0.15) is 18.0 Å². The quantitative estimate of drug-likeness (QED) is 0.537. The molecule has 0 aliphatic carbocycles. The standard InChI is InChI=1S/C19H14Br2N2O5S/c1-28-13-4-2-12(3-5-13)22-16(24)9-23-18(26)15(29-19(23)27)7-10-6-11(20)8-14(21)17(10)25/h2-8,25H,9H2,1H3,(H,22,24)/b15-7-. The molecule has 1 aliphatic heterocycles. The molecule has 2 aromatic carbocycles. The van der Waals surface area contributed by atoms with E-state index in [9.17, 15) is 19.5 Å². The second-order valence-electron chi connectivity index (χ2n) is 5.87. The number of rotatable bonds is 5. The molecule has 0 aromatic heterocycles. The van der Waals surface area contributed by atoms with Crippen LogP contribution in [0.3, 0.4) is 0 Å². The van der Waals surface area contributed by atoms with Crippen LogP contribution in [0.2, 0.25) is 0 Å². The number of hydrogen-bond acceptors (Lipinski definition) is 6. The predicted octanol–water partition coefficient (Wildman–Crippen LogP) is 4.60. The molecule has 2 aromatic rings. The maximum absolute atomic E-state index is 12.6. The number of carbonyl (C=O) groups excluding carboxylic acids is 3. The molecule has 1 heterocycles. The van der Waals surface area contributed by atoms with Crippen LogP contribution in [-0.2, 0) is 9.59 Å². The summed E-state index contributed by atoms with van der Waals surface area (Å²) in [6, 6.07) is 9.94. The Kier molecular flexibility index (Phi) is 6.66. The molecule has 1 saturated heterocycles. The van der Waals surface area contributed by atoms with Gasteiger partial charge in [-0.15, -0.1) is 0 Å². The summed E-state index contributed by atoms with van der Waals surface area (Å²) in [6.45, 7) is -0.414. The van der Waals surface area contributed by atoms with Crippen LogP contribution in [0.5, 0.6) is 11.5 Å². The average Bonchev–Trinajstić information content (AvgIpc) is 2.93. The molecule has 1 fully saturated rings. The number of benzene rings is 2. The molecule has 3 amide bonds. The molecule has 7 nitrogen and oxygen atoms in total. The molecule has 0 bridgehead atoms. The minimum atomic E-state index is -0.597. The third-order valence-corrected chi connectivity index (χ3v) is 5.86. The summed E-state index contributed by atoms with van der Waals surface area (Å²) in [5.41, 5.74) is 0.877. The fraction of sp³-hybridized carbons (Fsp3) is 0.105. The molecular weight excluding hydrogens is 528 g/mol. The van der Waals surface area contributed by atoms with E-state index in [1.165, 1.54) is 13.2 Å². The van der Waals surface area contributed by atoms with Gasteiger partial charge in [-0.05, 0) is 70.2 Å². The fourth-order valence-electron chi connectivity index (χ4n) is 2.49. The highest BCUT2D eigenvalue weighted by Gasteiger charge is 2.36. The van der Waals surface area contributed by atoms with Crippen LogP contribution in [0.15, 0.2) is 50.2 Å². The van der Waals surface area contributed by atoms with Gasteiger partial charge in [-0.2, -0.15) is 0 Å². The van der Waals surface area contributed by atoms with Gasteiger partial charge in [0.25, 0.3) is 11.1 Å². The highest BCUT2D eigenvalue weighted by molar-refractivity contribution is 9.11. The zero-order valence-electron chi connectivity index (χ0n) is 14.9. The molecule has 0 unspecified atom stereocenters. The first-order valence-corrected chi connectivity index (χ1v) is 10.6. The summed E-state index contributed by atoms with van der Waals surface area (Å²) in [5.74, 6) is -0.522. The van der Waals surface area contributed by atoms with Gasteiger partial charge in [-0.3, -0.25) is 19.3 Å². The topological polar surface area (TPSA) is 95.9 Å². The van der Waals surface area contributed by atoms with Gasteiger partial charge in [-0.1, -0.05) is 15.9 Å². The Bertz CT molecular complexity index is 1020. The zero-order valence-corrected chi connectivity index (χ0v) is 18.9. The van der Waals surface area contributed by atoms with Crippen LogP contribution in [0.4, 0.5) is 10.5 Å². The number of amides is 3. The van der Waals surface area contributed by atoms with E-state index in [1.807, 2.05) is 0 Å². The van der Waals surface area contributed by atoms with Crippen molar-refractivity contribution >= 4 is 72.4 Å². The highest BCUT2D eigenvalue weighted by atomic mass is 79.9. The average molecular weight is 542 g/mol. The Labute approximate surface area is 187 Å².